The van der Waals surface area contributed by atoms with Gasteiger partial charge in [0, 0.05) is 18.3 Å². The smallest absolute Gasteiger partial charge is 0.226 e. The molecule has 0 atom stereocenters. The van der Waals surface area contributed by atoms with Crippen molar-refractivity contribution in [3.05, 3.63) is 11.7 Å². The van der Waals surface area contributed by atoms with Crippen molar-refractivity contribution in [2.24, 2.45) is 0 Å². The van der Waals surface area contributed by atoms with E-state index in [0.717, 1.165) is 36.1 Å². The molecule has 2 rings (SSSR count). The van der Waals surface area contributed by atoms with Crippen LogP contribution in [0.15, 0.2) is 4.52 Å². The van der Waals surface area contributed by atoms with Crippen molar-refractivity contribution < 1.29 is 9.63 Å². The van der Waals surface area contributed by atoms with Crippen LogP contribution in [0.5, 0.6) is 0 Å². The highest BCUT2D eigenvalue weighted by Gasteiger charge is 2.16. The minimum Gasteiger partial charge on any atom is -0.396 e. The molecule has 1 heterocycles. The Morgan fingerprint density at radius 2 is 2.12 bits per heavy atom. The van der Waals surface area contributed by atoms with Crippen LogP contribution in [0.3, 0.4) is 0 Å². The lowest BCUT2D eigenvalue weighted by atomic mass is 10.2. The Morgan fingerprint density at radius 3 is 2.88 bits per heavy atom. The van der Waals surface area contributed by atoms with E-state index in [2.05, 4.69) is 10.1 Å². The van der Waals surface area contributed by atoms with Gasteiger partial charge in [-0.05, 0) is 25.7 Å². The van der Waals surface area contributed by atoms with E-state index >= 15 is 0 Å². The fourth-order valence-electron chi connectivity index (χ4n) is 2.09. The van der Waals surface area contributed by atoms with Crippen LogP contribution in [0, 0.1) is 0 Å². The molecule has 1 aromatic heterocycles. The SMILES string of the molecule is OCCCCc1nc(CSC2CCCC2)no1. The molecular weight excluding hydrogens is 236 g/mol. The zero-order chi connectivity index (χ0) is 11.9. The lowest BCUT2D eigenvalue weighted by Gasteiger charge is -2.04. The molecule has 1 aliphatic rings. The van der Waals surface area contributed by atoms with Crippen LogP contribution >= 0.6 is 11.8 Å². The van der Waals surface area contributed by atoms with Gasteiger partial charge in [0.2, 0.25) is 5.89 Å². The first-order valence-corrected chi connectivity index (χ1v) is 7.47. The topological polar surface area (TPSA) is 59.2 Å². The third kappa shape index (κ3) is 4.32. The number of rotatable bonds is 7. The number of unbranched alkanes of at least 4 members (excludes halogenated alkanes) is 1. The van der Waals surface area contributed by atoms with Gasteiger partial charge in [-0.3, -0.25) is 0 Å². The van der Waals surface area contributed by atoms with Gasteiger partial charge in [-0.2, -0.15) is 16.7 Å². The summed E-state index contributed by atoms with van der Waals surface area (Å²) in [6.07, 6.45) is 7.91. The van der Waals surface area contributed by atoms with Crippen molar-refractivity contribution in [2.75, 3.05) is 6.61 Å². The van der Waals surface area contributed by atoms with Crippen LogP contribution < -0.4 is 0 Å². The molecule has 0 bridgehead atoms. The van der Waals surface area contributed by atoms with Crippen molar-refractivity contribution >= 4 is 11.8 Å². The first-order chi connectivity index (χ1) is 8.38. The summed E-state index contributed by atoms with van der Waals surface area (Å²) in [4.78, 5) is 4.36. The monoisotopic (exact) mass is 256 g/mol. The van der Waals surface area contributed by atoms with Crippen molar-refractivity contribution in [2.45, 2.75) is 55.9 Å². The Morgan fingerprint density at radius 1 is 1.29 bits per heavy atom. The van der Waals surface area contributed by atoms with Gasteiger partial charge in [-0.25, -0.2) is 0 Å². The van der Waals surface area contributed by atoms with Crippen molar-refractivity contribution in [1.82, 2.24) is 10.1 Å². The van der Waals surface area contributed by atoms with E-state index in [9.17, 15) is 0 Å². The molecule has 0 spiro atoms. The molecule has 5 heteroatoms. The van der Waals surface area contributed by atoms with Crippen molar-refractivity contribution in [3.63, 3.8) is 0 Å². The summed E-state index contributed by atoms with van der Waals surface area (Å²) in [5.74, 6) is 2.40. The molecule has 0 radical (unpaired) electrons. The van der Waals surface area contributed by atoms with E-state index in [1.807, 2.05) is 11.8 Å². The van der Waals surface area contributed by atoms with Gasteiger partial charge in [0.25, 0.3) is 0 Å². The number of aryl methyl sites for hydroxylation is 1. The second kappa shape index (κ2) is 7.01. The standard InChI is InChI=1S/C12H20N2O2S/c15-8-4-3-7-12-13-11(14-16-12)9-17-10-5-1-2-6-10/h10,15H,1-9H2. The Hall–Kier alpha value is -0.550. The fourth-order valence-corrected chi connectivity index (χ4v) is 3.25. The normalized spacial score (nSPS) is 16.8. The van der Waals surface area contributed by atoms with E-state index < -0.39 is 0 Å². The van der Waals surface area contributed by atoms with Gasteiger partial charge < -0.3 is 9.63 Å². The number of nitrogens with zero attached hydrogens (tertiary/aromatic N) is 2. The van der Waals surface area contributed by atoms with E-state index in [4.69, 9.17) is 9.63 Å². The van der Waals surface area contributed by atoms with Crippen molar-refractivity contribution in [3.8, 4) is 0 Å². The highest BCUT2D eigenvalue weighted by atomic mass is 32.2. The van der Waals surface area contributed by atoms with Gasteiger partial charge >= 0.3 is 0 Å². The summed E-state index contributed by atoms with van der Waals surface area (Å²) in [7, 11) is 0. The Labute approximate surface area is 106 Å². The summed E-state index contributed by atoms with van der Waals surface area (Å²) in [6.45, 7) is 0.235. The number of hydrogen-bond donors (Lipinski definition) is 1. The second-order valence-electron chi connectivity index (χ2n) is 4.50. The summed E-state index contributed by atoms with van der Waals surface area (Å²) >= 11 is 1.95. The Kier molecular flexibility index (Phi) is 5.32. The highest BCUT2D eigenvalue weighted by molar-refractivity contribution is 7.99. The van der Waals surface area contributed by atoms with Crippen LogP contribution in [-0.4, -0.2) is 27.1 Å². The second-order valence-corrected chi connectivity index (χ2v) is 5.79. The average Bonchev–Trinajstić information content (AvgIpc) is 2.98. The van der Waals surface area contributed by atoms with Crippen LogP contribution in [0.25, 0.3) is 0 Å². The number of aliphatic hydroxyl groups is 1. The van der Waals surface area contributed by atoms with E-state index in [-0.39, 0.29) is 6.61 Å². The van der Waals surface area contributed by atoms with Gasteiger partial charge in [0.05, 0.1) is 5.75 Å². The molecule has 1 fully saturated rings. The number of aromatic nitrogens is 2. The third-order valence-electron chi connectivity index (χ3n) is 3.06. The lowest BCUT2D eigenvalue weighted by molar-refractivity contribution is 0.280. The minimum atomic E-state index is 0.235. The molecule has 1 aromatic rings. The van der Waals surface area contributed by atoms with Gasteiger partial charge in [-0.15, -0.1) is 0 Å². The Balaban J connectivity index is 1.69. The molecule has 96 valence electrons. The number of aliphatic hydroxyl groups excluding tert-OH is 1. The van der Waals surface area contributed by atoms with Crippen LogP contribution in [0.1, 0.15) is 50.2 Å². The highest BCUT2D eigenvalue weighted by Crippen LogP contribution is 2.30. The summed E-state index contributed by atoms with van der Waals surface area (Å²) < 4.78 is 5.17. The maximum atomic E-state index is 8.68. The van der Waals surface area contributed by atoms with Crippen LogP contribution in [0.4, 0.5) is 0 Å². The molecule has 0 saturated heterocycles. The molecule has 17 heavy (non-hydrogen) atoms. The molecule has 0 amide bonds. The average molecular weight is 256 g/mol. The molecule has 1 N–H and O–H groups in total. The van der Waals surface area contributed by atoms with E-state index in [0.29, 0.717) is 5.89 Å². The lowest BCUT2D eigenvalue weighted by Crippen LogP contribution is -1.96. The van der Waals surface area contributed by atoms with Crippen LogP contribution in [-0.2, 0) is 12.2 Å². The quantitative estimate of drug-likeness (QED) is 0.760. The first kappa shape index (κ1) is 12.9. The van der Waals surface area contributed by atoms with E-state index in [1.165, 1.54) is 25.7 Å². The molecule has 1 saturated carbocycles. The molecular formula is C12H20N2O2S. The molecule has 4 nitrogen and oxygen atoms in total. The summed E-state index contributed by atoms with van der Waals surface area (Å²) in [5, 5.41) is 13.5. The predicted molar refractivity (Wildman–Crippen MR) is 67.9 cm³/mol. The third-order valence-corrected chi connectivity index (χ3v) is 4.43. The zero-order valence-corrected chi connectivity index (χ0v) is 10.9. The fraction of sp³-hybridized carbons (Fsp3) is 0.833. The molecule has 0 aliphatic heterocycles. The molecule has 0 aromatic carbocycles. The van der Waals surface area contributed by atoms with Gasteiger partial charge in [0.1, 0.15) is 0 Å². The minimum absolute atomic E-state index is 0.235. The van der Waals surface area contributed by atoms with Gasteiger partial charge in [-0.1, -0.05) is 18.0 Å². The largest absolute Gasteiger partial charge is 0.396 e. The Bertz CT molecular complexity index is 324. The first-order valence-electron chi connectivity index (χ1n) is 6.42. The predicted octanol–water partition coefficient (Wildman–Crippen LogP) is 2.56. The van der Waals surface area contributed by atoms with Crippen LogP contribution in [0.2, 0.25) is 0 Å². The maximum absolute atomic E-state index is 8.68. The van der Waals surface area contributed by atoms with E-state index in [1.54, 1.807) is 0 Å². The molecule has 0 unspecified atom stereocenters. The summed E-state index contributed by atoms with van der Waals surface area (Å²) in [6, 6.07) is 0. The summed E-state index contributed by atoms with van der Waals surface area (Å²) in [5.41, 5.74) is 0. The van der Waals surface area contributed by atoms with Gasteiger partial charge in [0.15, 0.2) is 5.82 Å². The zero-order valence-electron chi connectivity index (χ0n) is 10.1. The maximum Gasteiger partial charge on any atom is 0.226 e. The van der Waals surface area contributed by atoms with Crippen molar-refractivity contribution in [1.29, 1.82) is 0 Å². The number of thioether (sulfide) groups is 1. The molecule has 1 aliphatic carbocycles. The number of hydrogen-bond acceptors (Lipinski definition) is 5.